The summed E-state index contributed by atoms with van der Waals surface area (Å²) in [5, 5.41) is 3.46. The molecule has 0 radical (unpaired) electrons. The van der Waals surface area contributed by atoms with Crippen molar-refractivity contribution in [3.8, 4) is 0 Å². The van der Waals surface area contributed by atoms with E-state index in [1.165, 1.54) is 25.7 Å². The molecule has 1 aromatic heterocycles. The Labute approximate surface area is 85.7 Å². The van der Waals surface area contributed by atoms with Crippen molar-refractivity contribution in [3.05, 3.63) is 23.7 Å². The van der Waals surface area contributed by atoms with Gasteiger partial charge in [-0.15, -0.1) is 0 Å². The van der Waals surface area contributed by atoms with Gasteiger partial charge in [-0.25, -0.2) is 0 Å². The third-order valence-electron chi connectivity index (χ3n) is 3.00. The molecule has 1 N–H and O–H groups in total. The zero-order valence-corrected chi connectivity index (χ0v) is 8.88. The first-order chi connectivity index (χ1) is 6.84. The minimum Gasteiger partial charge on any atom is -0.465 e. The lowest BCUT2D eigenvalue weighted by molar-refractivity contribution is 0.433. The van der Waals surface area contributed by atoms with Crippen LogP contribution in [0.2, 0.25) is 0 Å². The van der Waals surface area contributed by atoms with Gasteiger partial charge in [0, 0.05) is 0 Å². The van der Waals surface area contributed by atoms with E-state index < -0.39 is 0 Å². The molecule has 0 saturated heterocycles. The Hall–Kier alpha value is -0.760. The van der Waals surface area contributed by atoms with Crippen LogP contribution in [-0.4, -0.2) is 6.54 Å². The highest BCUT2D eigenvalue weighted by atomic mass is 16.3. The lowest BCUT2D eigenvalue weighted by Gasteiger charge is -2.08. The number of aryl methyl sites for hydroxylation is 1. The molecule has 0 unspecified atom stereocenters. The van der Waals surface area contributed by atoms with Gasteiger partial charge in [0.25, 0.3) is 0 Å². The molecule has 1 saturated carbocycles. The Bertz CT molecular complexity index is 274. The largest absolute Gasteiger partial charge is 0.465 e. The first-order valence-corrected chi connectivity index (χ1v) is 5.60. The van der Waals surface area contributed by atoms with E-state index in [4.69, 9.17) is 4.42 Å². The van der Waals surface area contributed by atoms with Crippen LogP contribution in [0, 0.1) is 12.8 Å². The van der Waals surface area contributed by atoms with Crippen LogP contribution in [-0.2, 0) is 6.54 Å². The van der Waals surface area contributed by atoms with Crippen molar-refractivity contribution in [1.29, 1.82) is 0 Å². The molecular formula is C12H19NO. The normalized spacial score (nSPS) is 17.8. The minimum atomic E-state index is 0.879. The average molecular weight is 193 g/mol. The van der Waals surface area contributed by atoms with Crippen LogP contribution >= 0.6 is 0 Å². The van der Waals surface area contributed by atoms with Crippen LogP contribution in [0.1, 0.15) is 37.2 Å². The third-order valence-corrected chi connectivity index (χ3v) is 3.00. The van der Waals surface area contributed by atoms with Crippen molar-refractivity contribution in [2.24, 2.45) is 5.92 Å². The van der Waals surface area contributed by atoms with Crippen molar-refractivity contribution in [1.82, 2.24) is 5.32 Å². The maximum absolute atomic E-state index is 5.49. The van der Waals surface area contributed by atoms with Crippen molar-refractivity contribution < 1.29 is 4.42 Å². The van der Waals surface area contributed by atoms with Crippen molar-refractivity contribution in [3.63, 3.8) is 0 Å². The maximum Gasteiger partial charge on any atom is 0.117 e. The molecular weight excluding hydrogens is 174 g/mol. The zero-order valence-electron chi connectivity index (χ0n) is 8.88. The van der Waals surface area contributed by atoms with E-state index in [0.717, 1.165) is 30.5 Å². The van der Waals surface area contributed by atoms with E-state index in [1.54, 1.807) is 0 Å². The smallest absolute Gasteiger partial charge is 0.117 e. The van der Waals surface area contributed by atoms with Crippen LogP contribution in [0.25, 0.3) is 0 Å². The van der Waals surface area contributed by atoms with Crippen LogP contribution in [0.4, 0.5) is 0 Å². The Morgan fingerprint density at radius 3 is 2.79 bits per heavy atom. The molecule has 2 heteroatoms. The third kappa shape index (κ3) is 2.61. The highest BCUT2D eigenvalue weighted by Gasteiger charge is 2.14. The fourth-order valence-electron chi connectivity index (χ4n) is 2.19. The molecule has 1 aliphatic rings. The second-order valence-electron chi connectivity index (χ2n) is 4.29. The van der Waals surface area contributed by atoms with Gasteiger partial charge in [0.15, 0.2) is 0 Å². The quantitative estimate of drug-likeness (QED) is 0.795. The summed E-state index contributed by atoms with van der Waals surface area (Å²) in [7, 11) is 0. The monoisotopic (exact) mass is 193 g/mol. The lowest BCUT2D eigenvalue weighted by atomic mass is 10.1. The molecule has 0 atom stereocenters. The fraction of sp³-hybridized carbons (Fsp3) is 0.667. The molecule has 1 heterocycles. The van der Waals surface area contributed by atoms with Gasteiger partial charge >= 0.3 is 0 Å². The number of hydrogen-bond acceptors (Lipinski definition) is 2. The first kappa shape index (κ1) is 9.78. The number of furan rings is 1. The predicted octanol–water partition coefficient (Wildman–Crippen LogP) is 2.87. The Morgan fingerprint density at radius 1 is 1.36 bits per heavy atom. The van der Waals surface area contributed by atoms with Crippen molar-refractivity contribution in [2.45, 2.75) is 39.2 Å². The van der Waals surface area contributed by atoms with E-state index in [-0.39, 0.29) is 0 Å². The predicted molar refractivity (Wildman–Crippen MR) is 57.1 cm³/mol. The molecule has 2 rings (SSSR count). The molecule has 0 aliphatic heterocycles. The summed E-state index contributed by atoms with van der Waals surface area (Å²) in [6, 6.07) is 4.07. The zero-order chi connectivity index (χ0) is 9.80. The first-order valence-electron chi connectivity index (χ1n) is 5.60. The van der Waals surface area contributed by atoms with Gasteiger partial charge in [-0.3, -0.25) is 0 Å². The number of nitrogens with one attached hydrogen (secondary N) is 1. The van der Waals surface area contributed by atoms with Gasteiger partial charge in [-0.05, 0) is 44.4 Å². The Morgan fingerprint density at radius 2 is 2.14 bits per heavy atom. The summed E-state index contributed by atoms with van der Waals surface area (Å²) in [5.74, 6) is 2.97. The van der Waals surface area contributed by atoms with E-state index >= 15 is 0 Å². The van der Waals surface area contributed by atoms with Crippen molar-refractivity contribution >= 4 is 0 Å². The molecule has 2 nitrogen and oxygen atoms in total. The fourth-order valence-corrected chi connectivity index (χ4v) is 2.19. The lowest BCUT2D eigenvalue weighted by Crippen LogP contribution is -2.20. The molecule has 78 valence electrons. The molecule has 0 spiro atoms. The molecule has 1 aliphatic carbocycles. The van der Waals surface area contributed by atoms with Gasteiger partial charge < -0.3 is 9.73 Å². The molecule has 14 heavy (non-hydrogen) atoms. The van der Waals surface area contributed by atoms with E-state index in [0.29, 0.717) is 0 Å². The summed E-state index contributed by atoms with van der Waals surface area (Å²) in [6.45, 7) is 4.02. The summed E-state index contributed by atoms with van der Waals surface area (Å²) in [6.07, 6.45) is 5.66. The van der Waals surface area contributed by atoms with Gasteiger partial charge in [-0.1, -0.05) is 12.8 Å². The van der Waals surface area contributed by atoms with E-state index in [9.17, 15) is 0 Å². The van der Waals surface area contributed by atoms with Crippen molar-refractivity contribution in [2.75, 3.05) is 6.54 Å². The minimum absolute atomic E-state index is 0.879. The van der Waals surface area contributed by atoms with Crippen LogP contribution in [0.3, 0.4) is 0 Å². The van der Waals surface area contributed by atoms with E-state index in [2.05, 4.69) is 11.4 Å². The van der Waals surface area contributed by atoms with Crippen LogP contribution < -0.4 is 5.32 Å². The van der Waals surface area contributed by atoms with Crippen LogP contribution in [0.5, 0.6) is 0 Å². The Balaban J connectivity index is 1.67. The highest BCUT2D eigenvalue weighted by Crippen LogP contribution is 2.23. The van der Waals surface area contributed by atoms with Gasteiger partial charge in [-0.2, -0.15) is 0 Å². The second-order valence-corrected chi connectivity index (χ2v) is 4.29. The van der Waals surface area contributed by atoms with Gasteiger partial charge in [0.1, 0.15) is 11.5 Å². The molecule has 0 amide bonds. The van der Waals surface area contributed by atoms with Gasteiger partial charge in [0.2, 0.25) is 0 Å². The molecule has 1 aromatic rings. The number of hydrogen-bond donors (Lipinski definition) is 1. The Kier molecular flexibility index (Phi) is 3.25. The second kappa shape index (κ2) is 4.65. The van der Waals surface area contributed by atoms with Crippen LogP contribution in [0.15, 0.2) is 16.5 Å². The highest BCUT2D eigenvalue weighted by molar-refractivity contribution is 5.05. The standard InChI is InChI=1S/C12H19NO/c1-10-6-7-12(14-10)9-13-8-11-4-2-3-5-11/h6-7,11,13H,2-5,8-9H2,1H3. The average Bonchev–Trinajstić information content (AvgIpc) is 2.77. The topological polar surface area (TPSA) is 25.2 Å². The SMILES string of the molecule is Cc1ccc(CNCC2CCCC2)o1. The van der Waals surface area contributed by atoms with Gasteiger partial charge in [0.05, 0.1) is 6.54 Å². The summed E-state index contributed by atoms with van der Waals surface area (Å²) < 4.78 is 5.49. The molecule has 1 fully saturated rings. The maximum atomic E-state index is 5.49. The summed E-state index contributed by atoms with van der Waals surface area (Å²) in [4.78, 5) is 0. The molecule has 0 bridgehead atoms. The molecule has 0 aromatic carbocycles. The van der Waals surface area contributed by atoms with E-state index in [1.807, 2.05) is 13.0 Å². The summed E-state index contributed by atoms with van der Waals surface area (Å²) >= 11 is 0. The number of rotatable bonds is 4. The summed E-state index contributed by atoms with van der Waals surface area (Å²) in [5.41, 5.74) is 0.